The minimum Gasteiger partial charge on any atom is -0.463 e. The third-order valence-electron chi connectivity index (χ3n) is 6.62. The first kappa shape index (κ1) is 39.6. The van der Waals surface area contributed by atoms with Crippen molar-refractivity contribution in [1.29, 1.82) is 0 Å². The minimum atomic E-state index is -1.04. The second-order valence-electron chi connectivity index (χ2n) is 10.8. The van der Waals surface area contributed by atoms with Crippen LogP contribution in [0.15, 0.2) is 60.8 Å². The molecule has 0 aliphatic carbocycles. The Labute approximate surface area is 256 Å². The molecule has 6 nitrogen and oxygen atoms in total. The van der Waals surface area contributed by atoms with Gasteiger partial charge in [-0.2, -0.15) is 0 Å². The molecule has 2 N–H and O–H groups in total. The monoisotopic (exact) mass is 588 g/mol. The molecule has 0 aromatic rings. The molecule has 0 aromatic carbocycles. The third kappa shape index (κ3) is 30.5. The van der Waals surface area contributed by atoms with E-state index in [1.165, 1.54) is 44.9 Å². The number of ether oxygens (including phenoxy) is 2. The van der Waals surface area contributed by atoms with E-state index >= 15 is 0 Å². The number of aliphatic hydroxyl groups is 2. The van der Waals surface area contributed by atoms with Gasteiger partial charge >= 0.3 is 11.9 Å². The molecule has 0 aromatic heterocycles. The highest BCUT2D eigenvalue weighted by molar-refractivity contribution is 5.69. The molecule has 0 radical (unpaired) electrons. The molecule has 2 atom stereocenters. The maximum absolute atomic E-state index is 11.9. The largest absolute Gasteiger partial charge is 0.463 e. The molecule has 0 bridgehead atoms. The Balaban J connectivity index is 3.72. The van der Waals surface area contributed by atoms with Crippen molar-refractivity contribution in [2.75, 3.05) is 13.2 Å². The van der Waals surface area contributed by atoms with Crippen LogP contribution in [0, 0.1) is 0 Å². The molecule has 0 aliphatic heterocycles. The van der Waals surface area contributed by atoms with Crippen molar-refractivity contribution >= 4 is 11.9 Å². The summed E-state index contributed by atoms with van der Waals surface area (Å²) >= 11 is 0. The fourth-order valence-electron chi connectivity index (χ4n) is 4.11. The summed E-state index contributed by atoms with van der Waals surface area (Å²) < 4.78 is 10.2. The molecular weight excluding hydrogens is 528 g/mol. The summed E-state index contributed by atoms with van der Waals surface area (Å²) in [5.74, 6) is -0.770. The van der Waals surface area contributed by atoms with Gasteiger partial charge in [0.15, 0.2) is 0 Å². The number of allylic oxidation sites excluding steroid dienone is 9. The molecule has 0 fully saturated rings. The van der Waals surface area contributed by atoms with Gasteiger partial charge in [0.25, 0.3) is 0 Å². The lowest BCUT2D eigenvalue weighted by Crippen LogP contribution is -2.25. The SMILES string of the molecule is CC/C=C\C/C=C\C/C=C\C/C=C\C=C\C(O)CCCC(=O)OC[C@@H](O)COC(=O)CCCCCCCCCCCC. The lowest BCUT2D eigenvalue weighted by atomic mass is 10.1. The summed E-state index contributed by atoms with van der Waals surface area (Å²) in [5.41, 5.74) is 0. The van der Waals surface area contributed by atoms with Gasteiger partial charge in [-0.05, 0) is 44.9 Å². The van der Waals surface area contributed by atoms with Gasteiger partial charge in [0, 0.05) is 12.8 Å². The number of aliphatic hydroxyl groups excluding tert-OH is 2. The molecule has 6 heteroatoms. The van der Waals surface area contributed by atoms with Crippen molar-refractivity contribution in [3.8, 4) is 0 Å². The van der Waals surface area contributed by atoms with Crippen molar-refractivity contribution in [2.45, 2.75) is 142 Å². The van der Waals surface area contributed by atoms with E-state index in [2.05, 4.69) is 50.3 Å². The van der Waals surface area contributed by atoms with E-state index in [0.29, 0.717) is 19.3 Å². The molecule has 0 amide bonds. The van der Waals surface area contributed by atoms with Gasteiger partial charge in [-0.3, -0.25) is 9.59 Å². The number of unbranched alkanes of at least 4 members (excludes halogenated alkanes) is 9. The van der Waals surface area contributed by atoms with Gasteiger partial charge in [-0.25, -0.2) is 0 Å². The fraction of sp³-hybridized carbons (Fsp3) is 0.667. The van der Waals surface area contributed by atoms with Gasteiger partial charge in [-0.1, -0.05) is 132 Å². The summed E-state index contributed by atoms with van der Waals surface area (Å²) in [5, 5.41) is 20.0. The van der Waals surface area contributed by atoms with Crippen molar-refractivity contribution in [3.63, 3.8) is 0 Å². The van der Waals surface area contributed by atoms with Crippen LogP contribution in [0.4, 0.5) is 0 Å². The number of hydrogen-bond acceptors (Lipinski definition) is 6. The summed E-state index contributed by atoms with van der Waals surface area (Å²) in [7, 11) is 0. The predicted octanol–water partition coefficient (Wildman–Crippen LogP) is 8.64. The smallest absolute Gasteiger partial charge is 0.305 e. The van der Waals surface area contributed by atoms with E-state index in [1.807, 2.05) is 18.2 Å². The molecule has 0 saturated carbocycles. The van der Waals surface area contributed by atoms with E-state index in [-0.39, 0.29) is 25.6 Å². The highest BCUT2D eigenvalue weighted by atomic mass is 16.6. The van der Waals surface area contributed by atoms with Crippen molar-refractivity contribution < 1.29 is 29.3 Å². The zero-order valence-electron chi connectivity index (χ0n) is 26.6. The molecule has 0 aliphatic rings. The Morgan fingerprint density at radius 1 is 0.595 bits per heavy atom. The second-order valence-corrected chi connectivity index (χ2v) is 10.8. The Bertz CT molecular complexity index is 780. The Morgan fingerprint density at radius 2 is 1.07 bits per heavy atom. The second kappa shape index (κ2) is 31.5. The lowest BCUT2D eigenvalue weighted by Gasteiger charge is -2.12. The van der Waals surface area contributed by atoms with Crippen LogP contribution in [0.25, 0.3) is 0 Å². The standard InChI is InChI=1S/C36H60O6/c1-3-5-7-9-11-13-15-16-17-18-20-22-24-27-33(37)28-26-30-36(40)42-32-34(38)31-41-35(39)29-25-23-21-19-14-12-10-8-6-4-2/h5,7,11,13,16-17,20,22,24,27,33-34,37-38H,3-4,6,8-10,12,14-15,18-19,21,23,25-26,28-32H2,1-2H3/b7-5-,13-11-,17-16-,22-20-,27-24+/t33?,34-/m0/s1. The zero-order chi connectivity index (χ0) is 30.9. The van der Waals surface area contributed by atoms with Crippen LogP contribution in [-0.4, -0.2) is 47.6 Å². The molecular formula is C36H60O6. The summed E-state index contributed by atoms with van der Waals surface area (Å²) in [4.78, 5) is 23.8. The number of rotatable bonds is 28. The Kier molecular flexibility index (Phi) is 29.7. The first-order valence-electron chi connectivity index (χ1n) is 16.4. The molecule has 1 unspecified atom stereocenters. The Hall–Kier alpha value is -2.44. The molecule has 42 heavy (non-hydrogen) atoms. The predicted molar refractivity (Wildman–Crippen MR) is 174 cm³/mol. The average molecular weight is 589 g/mol. The van der Waals surface area contributed by atoms with Crippen LogP contribution >= 0.6 is 0 Å². The van der Waals surface area contributed by atoms with E-state index < -0.39 is 18.2 Å². The maximum Gasteiger partial charge on any atom is 0.305 e. The number of carbonyl (C=O) groups is 2. The molecule has 0 heterocycles. The van der Waals surface area contributed by atoms with Crippen LogP contribution in [0.3, 0.4) is 0 Å². The lowest BCUT2D eigenvalue weighted by molar-refractivity contribution is -0.152. The van der Waals surface area contributed by atoms with Crippen LogP contribution in [0.1, 0.15) is 129 Å². The van der Waals surface area contributed by atoms with E-state index in [9.17, 15) is 19.8 Å². The number of esters is 2. The highest BCUT2D eigenvalue weighted by Crippen LogP contribution is 2.11. The van der Waals surface area contributed by atoms with Gasteiger partial charge < -0.3 is 19.7 Å². The normalized spacial score (nSPS) is 13.7. The van der Waals surface area contributed by atoms with Crippen LogP contribution < -0.4 is 0 Å². The van der Waals surface area contributed by atoms with Crippen molar-refractivity contribution in [3.05, 3.63) is 60.8 Å². The van der Waals surface area contributed by atoms with Gasteiger partial charge in [0.1, 0.15) is 19.3 Å². The van der Waals surface area contributed by atoms with Crippen LogP contribution in [-0.2, 0) is 19.1 Å². The topological polar surface area (TPSA) is 93.1 Å². The van der Waals surface area contributed by atoms with Gasteiger partial charge in [0.05, 0.1) is 6.10 Å². The summed E-state index contributed by atoms with van der Waals surface area (Å²) in [6, 6.07) is 0. The first-order valence-corrected chi connectivity index (χ1v) is 16.4. The van der Waals surface area contributed by atoms with Crippen molar-refractivity contribution in [2.24, 2.45) is 0 Å². The molecule has 0 saturated heterocycles. The zero-order valence-corrected chi connectivity index (χ0v) is 26.6. The van der Waals surface area contributed by atoms with E-state index in [4.69, 9.17) is 9.47 Å². The average Bonchev–Trinajstić information content (AvgIpc) is 2.98. The van der Waals surface area contributed by atoms with Gasteiger partial charge in [0.2, 0.25) is 0 Å². The molecule has 0 rings (SSSR count). The third-order valence-corrected chi connectivity index (χ3v) is 6.62. The fourth-order valence-corrected chi connectivity index (χ4v) is 4.11. The minimum absolute atomic E-state index is 0.153. The van der Waals surface area contributed by atoms with Gasteiger partial charge in [-0.15, -0.1) is 0 Å². The highest BCUT2D eigenvalue weighted by Gasteiger charge is 2.12. The Morgan fingerprint density at radius 3 is 1.62 bits per heavy atom. The maximum atomic E-state index is 11.9. The number of carbonyl (C=O) groups excluding carboxylic acids is 2. The van der Waals surface area contributed by atoms with E-state index in [0.717, 1.165) is 44.9 Å². The van der Waals surface area contributed by atoms with Crippen molar-refractivity contribution in [1.82, 2.24) is 0 Å². The van der Waals surface area contributed by atoms with Crippen LogP contribution in [0.2, 0.25) is 0 Å². The molecule has 0 spiro atoms. The van der Waals surface area contributed by atoms with Crippen LogP contribution in [0.5, 0.6) is 0 Å². The first-order chi connectivity index (χ1) is 20.5. The quantitative estimate of drug-likeness (QED) is 0.0411. The van der Waals surface area contributed by atoms with E-state index in [1.54, 1.807) is 6.08 Å². The number of hydrogen-bond donors (Lipinski definition) is 2. The summed E-state index contributed by atoms with van der Waals surface area (Å²) in [6.45, 7) is 3.97. The molecule has 240 valence electrons. The summed E-state index contributed by atoms with van der Waals surface area (Å²) in [6.07, 6.45) is 35.9.